The predicted octanol–water partition coefficient (Wildman–Crippen LogP) is 4.15. The summed E-state index contributed by atoms with van der Waals surface area (Å²) in [5.74, 6) is 2.22. The van der Waals surface area contributed by atoms with E-state index >= 15 is 0 Å². The molecule has 0 fully saturated rings. The molecule has 0 unspecified atom stereocenters. The van der Waals surface area contributed by atoms with Crippen LogP contribution < -0.4 is 24.3 Å². The first kappa shape index (κ1) is 25.9. The van der Waals surface area contributed by atoms with Crippen LogP contribution in [0.5, 0.6) is 23.0 Å². The molecule has 0 heterocycles. The van der Waals surface area contributed by atoms with Crippen LogP contribution in [0.4, 0.5) is 4.79 Å². The summed E-state index contributed by atoms with van der Waals surface area (Å²) in [6.07, 6.45) is 2.75. The van der Waals surface area contributed by atoms with Crippen molar-refractivity contribution in [1.29, 1.82) is 0 Å². The topological polar surface area (TPSA) is 95.5 Å². The van der Waals surface area contributed by atoms with E-state index in [1.165, 1.54) is 14.2 Å². The van der Waals surface area contributed by atoms with Gasteiger partial charge in [-0.05, 0) is 56.2 Å². The highest BCUT2D eigenvalue weighted by atomic mass is 16.6. The lowest BCUT2D eigenvalue weighted by Gasteiger charge is -2.32. The minimum Gasteiger partial charge on any atom is -0.497 e. The standard InChI is InChI=1S/C25H33NO7/c1-24(2,3)33-23(28)26-25(16-27,18-12-21(31-6)15-22(13-18)32-7)9-8-17-10-19(29-4)14-20(11-17)30-5/h8-15,27H,16H2,1-7H3,(H,26,28)/t25-/m0/s1. The lowest BCUT2D eigenvalue weighted by atomic mass is 9.89. The molecule has 0 radical (unpaired) electrons. The molecule has 1 atom stereocenters. The van der Waals surface area contributed by atoms with Crippen molar-refractivity contribution in [2.45, 2.75) is 31.9 Å². The average Bonchev–Trinajstić information content (AvgIpc) is 2.79. The number of ether oxygens (including phenoxy) is 5. The molecule has 33 heavy (non-hydrogen) atoms. The average molecular weight is 460 g/mol. The van der Waals surface area contributed by atoms with E-state index < -0.39 is 23.8 Å². The van der Waals surface area contributed by atoms with Crippen molar-refractivity contribution in [2.75, 3.05) is 35.0 Å². The quantitative estimate of drug-likeness (QED) is 0.582. The zero-order chi connectivity index (χ0) is 24.6. The minimum atomic E-state index is -1.35. The molecule has 0 aliphatic rings. The monoisotopic (exact) mass is 459 g/mol. The maximum atomic E-state index is 12.7. The number of nitrogens with one attached hydrogen (secondary N) is 1. The molecule has 1 amide bonds. The molecule has 0 saturated carbocycles. The van der Waals surface area contributed by atoms with Crippen molar-refractivity contribution in [3.63, 3.8) is 0 Å². The second-order valence-corrected chi connectivity index (χ2v) is 8.34. The molecule has 180 valence electrons. The van der Waals surface area contributed by atoms with E-state index in [0.29, 0.717) is 28.6 Å². The van der Waals surface area contributed by atoms with Gasteiger partial charge in [0.15, 0.2) is 0 Å². The lowest BCUT2D eigenvalue weighted by molar-refractivity contribution is 0.0436. The predicted molar refractivity (Wildman–Crippen MR) is 126 cm³/mol. The van der Waals surface area contributed by atoms with Crippen LogP contribution in [0.2, 0.25) is 0 Å². The molecular weight excluding hydrogens is 426 g/mol. The molecule has 0 bridgehead atoms. The fourth-order valence-electron chi connectivity index (χ4n) is 3.11. The maximum Gasteiger partial charge on any atom is 0.408 e. The smallest absolute Gasteiger partial charge is 0.408 e. The highest BCUT2D eigenvalue weighted by Crippen LogP contribution is 2.33. The van der Waals surface area contributed by atoms with E-state index in [1.54, 1.807) is 83.5 Å². The summed E-state index contributed by atoms with van der Waals surface area (Å²) in [4.78, 5) is 12.7. The van der Waals surface area contributed by atoms with Crippen molar-refractivity contribution in [3.8, 4) is 23.0 Å². The van der Waals surface area contributed by atoms with Crippen LogP contribution in [0.1, 0.15) is 31.9 Å². The Morgan fingerprint density at radius 3 is 1.70 bits per heavy atom. The summed E-state index contributed by atoms with van der Waals surface area (Å²) in [5, 5.41) is 13.3. The van der Waals surface area contributed by atoms with Gasteiger partial charge in [0.2, 0.25) is 0 Å². The SMILES string of the molecule is COc1cc(C=C[C@@](CO)(NC(=O)OC(C)(C)C)c2cc(OC)cc(OC)c2)cc(OC)c1. The van der Waals surface area contributed by atoms with Crippen LogP contribution in [0.25, 0.3) is 6.08 Å². The largest absolute Gasteiger partial charge is 0.497 e. The number of hydrogen-bond acceptors (Lipinski definition) is 7. The van der Waals surface area contributed by atoms with Gasteiger partial charge in [0.25, 0.3) is 0 Å². The molecule has 0 saturated heterocycles. The van der Waals surface area contributed by atoms with Crippen molar-refractivity contribution in [3.05, 3.63) is 53.6 Å². The summed E-state index contributed by atoms with van der Waals surface area (Å²) in [5.41, 5.74) is -0.787. The number of carbonyl (C=O) groups excluding carboxylic acids is 1. The Balaban J connectivity index is 2.61. The molecule has 0 spiro atoms. The summed E-state index contributed by atoms with van der Waals surface area (Å²) >= 11 is 0. The van der Waals surface area contributed by atoms with E-state index in [0.717, 1.165) is 5.56 Å². The Labute approximate surface area is 195 Å². The molecule has 2 N–H and O–H groups in total. The Kier molecular flexibility index (Phi) is 8.59. The summed E-state index contributed by atoms with van der Waals surface area (Å²) in [6.45, 7) is 4.83. The summed E-state index contributed by atoms with van der Waals surface area (Å²) in [6, 6.07) is 10.5. The van der Waals surface area contributed by atoms with E-state index in [-0.39, 0.29) is 0 Å². The first-order valence-corrected chi connectivity index (χ1v) is 10.4. The second kappa shape index (κ2) is 11.0. The second-order valence-electron chi connectivity index (χ2n) is 8.34. The Morgan fingerprint density at radius 2 is 1.30 bits per heavy atom. The highest BCUT2D eigenvalue weighted by molar-refractivity contribution is 5.71. The third kappa shape index (κ3) is 7.05. The molecular formula is C25H33NO7. The van der Waals surface area contributed by atoms with Crippen molar-refractivity contribution >= 4 is 12.2 Å². The molecule has 2 aromatic carbocycles. The van der Waals surface area contributed by atoms with Crippen LogP contribution in [-0.4, -0.2) is 51.8 Å². The summed E-state index contributed by atoms with van der Waals surface area (Å²) in [7, 11) is 6.18. The van der Waals surface area contributed by atoms with Crippen LogP contribution in [0.15, 0.2) is 42.5 Å². The first-order valence-electron chi connectivity index (χ1n) is 10.4. The number of amides is 1. The van der Waals surface area contributed by atoms with Gasteiger partial charge in [-0.25, -0.2) is 4.79 Å². The Morgan fingerprint density at radius 1 is 0.848 bits per heavy atom. The number of alkyl carbamates (subject to hydrolysis) is 1. The zero-order valence-electron chi connectivity index (χ0n) is 20.2. The molecule has 8 nitrogen and oxygen atoms in total. The number of aliphatic hydroxyl groups is 1. The lowest BCUT2D eigenvalue weighted by Crippen LogP contribution is -2.49. The van der Waals surface area contributed by atoms with E-state index in [4.69, 9.17) is 23.7 Å². The van der Waals surface area contributed by atoms with Gasteiger partial charge in [-0.1, -0.05) is 12.2 Å². The van der Waals surface area contributed by atoms with Gasteiger partial charge in [0.05, 0.1) is 35.0 Å². The van der Waals surface area contributed by atoms with Gasteiger partial charge in [0, 0.05) is 12.1 Å². The zero-order valence-corrected chi connectivity index (χ0v) is 20.2. The van der Waals surface area contributed by atoms with Crippen molar-refractivity contribution in [1.82, 2.24) is 5.32 Å². The van der Waals surface area contributed by atoms with Gasteiger partial charge in [-0.15, -0.1) is 0 Å². The van der Waals surface area contributed by atoms with Crippen LogP contribution in [0.3, 0.4) is 0 Å². The third-order valence-electron chi connectivity index (χ3n) is 4.77. The van der Waals surface area contributed by atoms with Gasteiger partial charge in [0.1, 0.15) is 34.1 Å². The van der Waals surface area contributed by atoms with E-state index in [2.05, 4.69) is 5.32 Å². The fraction of sp³-hybridized carbons (Fsp3) is 0.400. The number of carbonyl (C=O) groups is 1. The molecule has 2 rings (SSSR count). The Hall–Kier alpha value is -3.39. The molecule has 0 aliphatic carbocycles. The molecule has 8 heteroatoms. The van der Waals surface area contributed by atoms with E-state index in [9.17, 15) is 9.90 Å². The number of hydrogen-bond donors (Lipinski definition) is 2. The van der Waals surface area contributed by atoms with Crippen LogP contribution in [-0.2, 0) is 10.3 Å². The molecule has 2 aromatic rings. The van der Waals surface area contributed by atoms with Crippen molar-refractivity contribution < 1.29 is 33.6 Å². The summed E-state index contributed by atoms with van der Waals surface area (Å²) < 4.78 is 26.9. The normalized spacial score (nSPS) is 13.2. The van der Waals surface area contributed by atoms with E-state index in [1.807, 2.05) is 0 Å². The number of benzene rings is 2. The minimum absolute atomic E-state index is 0.458. The maximum absolute atomic E-state index is 12.7. The number of rotatable bonds is 9. The molecule has 0 aromatic heterocycles. The van der Waals surface area contributed by atoms with Gasteiger partial charge >= 0.3 is 6.09 Å². The van der Waals surface area contributed by atoms with Gasteiger partial charge < -0.3 is 34.1 Å². The molecule has 0 aliphatic heterocycles. The van der Waals surface area contributed by atoms with Crippen LogP contribution >= 0.6 is 0 Å². The van der Waals surface area contributed by atoms with Gasteiger partial charge in [-0.3, -0.25) is 0 Å². The van der Waals surface area contributed by atoms with Gasteiger partial charge in [-0.2, -0.15) is 0 Å². The highest BCUT2D eigenvalue weighted by Gasteiger charge is 2.34. The third-order valence-corrected chi connectivity index (χ3v) is 4.77. The van der Waals surface area contributed by atoms with Crippen molar-refractivity contribution in [2.24, 2.45) is 0 Å². The fourth-order valence-corrected chi connectivity index (χ4v) is 3.11. The number of methoxy groups -OCH3 is 4. The number of aliphatic hydroxyl groups excluding tert-OH is 1. The Bertz CT molecular complexity index is 937. The first-order chi connectivity index (χ1) is 15.6. The van der Waals surface area contributed by atoms with Crippen LogP contribution in [0, 0.1) is 0 Å².